The number of aliphatic hydroxyl groups is 1. The van der Waals surface area contributed by atoms with Crippen LogP contribution in [0.15, 0.2) is 0 Å². The van der Waals surface area contributed by atoms with E-state index in [-0.39, 0.29) is 12.5 Å². The van der Waals surface area contributed by atoms with Gasteiger partial charge in [-0.25, -0.2) is 0 Å². The van der Waals surface area contributed by atoms with Crippen LogP contribution in [0.4, 0.5) is 0 Å². The molecule has 0 aliphatic rings. The van der Waals surface area contributed by atoms with Crippen molar-refractivity contribution in [1.82, 2.24) is 4.90 Å². The van der Waals surface area contributed by atoms with Crippen LogP contribution in [0.3, 0.4) is 0 Å². The van der Waals surface area contributed by atoms with Crippen LogP contribution in [0.1, 0.15) is 13.8 Å². The first-order valence-corrected chi connectivity index (χ1v) is 3.50. The van der Waals surface area contributed by atoms with E-state index in [1.807, 2.05) is 0 Å². The summed E-state index contributed by atoms with van der Waals surface area (Å²) in [5.41, 5.74) is 4.18. The minimum Gasteiger partial charge on any atom is -0.389 e. The van der Waals surface area contributed by atoms with Crippen molar-refractivity contribution in [3.05, 3.63) is 0 Å². The normalized spacial score (nSPS) is 12.1. The van der Waals surface area contributed by atoms with Gasteiger partial charge in [-0.3, -0.25) is 9.69 Å². The SMILES string of the molecule is CN(CC(N)=O)CC(C)(C)O. The van der Waals surface area contributed by atoms with Gasteiger partial charge in [0.2, 0.25) is 5.91 Å². The minimum atomic E-state index is -0.774. The number of amides is 1. The van der Waals surface area contributed by atoms with E-state index in [0.717, 1.165) is 0 Å². The highest BCUT2D eigenvalue weighted by Gasteiger charge is 2.15. The number of rotatable bonds is 4. The number of nitrogens with two attached hydrogens (primary N) is 1. The average Bonchev–Trinajstić information content (AvgIpc) is 1.53. The monoisotopic (exact) mass is 160 g/mol. The fourth-order valence-corrected chi connectivity index (χ4v) is 0.982. The van der Waals surface area contributed by atoms with E-state index < -0.39 is 5.60 Å². The molecule has 0 aromatic carbocycles. The Morgan fingerprint density at radius 1 is 1.64 bits per heavy atom. The largest absolute Gasteiger partial charge is 0.389 e. The Balaban J connectivity index is 3.69. The van der Waals surface area contributed by atoms with Crippen molar-refractivity contribution in [3.63, 3.8) is 0 Å². The van der Waals surface area contributed by atoms with Crippen LogP contribution in [0, 0.1) is 0 Å². The first-order valence-electron chi connectivity index (χ1n) is 3.50. The summed E-state index contributed by atoms with van der Waals surface area (Å²) in [5, 5.41) is 9.31. The molecule has 0 rings (SSSR count). The molecule has 0 saturated heterocycles. The smallest absolute Gasteiger partial charge is 0.231 e. The number of hydrogen-bond acceptors (Lipinski definition) is 3. The van der Waals surface area contributed by atoms with E-state index in [1.54, 1.807) is 25.8 Å². The summed E-state index contributed by atoms with van der Waals surface area (Å²) in [4.78, 5) is 12.1. The molecule has 0 heterocycles. The summed E-state index contributed by atoms with van der Waals surface area (Å²) in [6.45, 7) is 3.99. The Morgan fingerprint density at radius 2 is 2.09 bits per heavy atom. The molecule has 0 aromatic heterocycles. The predicted octanol–water partition coefficient (Wildman–Crippen LogP) is -0.826. The Labute approximate surface area is 67.0 Å². The predicted molar refractivity (Wildman–Crippen MR) is 43.0 cm³/mol. The lowest BCUT2D eigenvalue weighted by Gasteiger charge is -2.24. The van der Waals surface area contributed by atoms with Crippen LogP contribution in [0.25, 0.3) is 0 Å². The van der Waals surface area contributed by atoms with Crippen LogP contribution in [-0.4, -0.2) is 41.7 Å². The molecule has 4 nitrogen and oxygen atoms in total. The van der Waals surface area contributed by atoms with Gasteiger partial charge in [0.25, 0.3) is 0 Å². The van der Waals surface area contributed by atoms with Gasteiger partial charge in [0.15, 0.2) is 0 Å². The number of nitrogens with zero attached hydrogens (tertiary/aromatic N) is 1. The summed E-state index contributed by atoms with van der Waals surface area (Å²) in [7, 11) is 1.74. The van der Waals surface area contributed by atoms with Crippen molar-refractivity contribution in [2.75, 3.05) is 20.1 Å². The summed E-state index contributed by atoms with van der Waals surface area (Å²) in [6, 6.07) is 0. The first-order chi connectivity index (χ1) is 4.81. The van der Waals surface area contributed by atoms with Crippen LogP contribution in [0.2, 0.25) is 0 Å². The summed E-state index contributed by atoms with van der Waals surface area (Å²) in [5.74, 6) is -0.378. The average molecular weight is 160 g/mol. The van der Waals surface area contributed by atoms with Crippen molar-refractivity contribution in [2.24, 2.45) is 5.73 Å². The first kappa shape index (κ1) is 10.4. The molecule has 0 atom stereocenters. The Kier molecular flexibility index (Phi) is 3.48. The van der Waals surface area contributed by atoms with E-state index >= 15 is 0 Å². The fraction of sp³-hybridized carbons (Fsp3) is 0.857. The Hall–Kier alpha value is -0.610. The molecule has 1 amide bonds. The highest BCUT2D eigenvalue weighted by atomic mass is 16.3. The second-order valence-electron chi connectivity index (χ2n) is 3.45. The lowest BCUT2D eigenvalue weighted by atomic mass is 10.1. The maximum Gasteiger partial charge on any atom is 0.231 e. The van der Waals surface area contributed by atoms with E-state index in [4.69, 9.17) is 5.73 Å². The van der Waals surface area contributed by atoms with E-state index in [9.17, 15) is 9.90 Å². The highest BCUT2D eigenvalue weighted by Crippen LogP contribution is 2.01. The Morgan fingerprint density at radius 3 is 2.36 bits per heavy atom. The molecule has 0 unspecified atom stereocenters. The molecule has 0 aliphatic heterocycles. The maximum atomic E-state index is 10.4. The van der Waals surface area contributed by atoms with Gasteiger partial charge < -0.3 is 10.8 Å². The molecule has 4 heteroatoms. The van der Waals surface area contributed by atoms with Crippen LogP contribution >= 0.6 is 0 Å². The molecule has 0 saturated carbocycles. The molecule has 0 fully saturated rings. The van der Waals surface area contributed by atoms with E-state index in [0.29, 0.717) is 6.54 Å². The second kappa shape index (κ2) is 3.69. The molecule has 0 radical (unpaired) electrons. The molecule has 0 spiro atoms. The van der Waals surface area contributed by atoms with E-state index in [1.165, 1.54) is 0 Å². The minimum absolute atomic E-state index is 0.185. The molecule has 0 aromatic rings. The van der Waals surface area contributed by atoms with Gasteiger partial charge in [-0.1, -0.05) is 0 Å². The third-order valence-corrected chi connectivity index (χ3v) is 1.08. The molecule has 0 bridgehead atoms. The van der Waals surface area contributed by atoms with Gasteiger partial charge in [0, 0.05) is 6.54 Å². The second-order valence-corrected chi connectivity index (χ2v) is 3.45. The van der Waals surface area contributed by atoms with Gasteiger partial charge in [0.05, 0.1) is 12.1 Å². The van der Waals surface area contributed by atoms with Gasteiger partial charge in [-0.15, -0.1) is 0 Å². The number of carbonyl (C=O) groups excluding carboxylic acids is 1. The lowest BCUT2D eigenvalue weighted by molar-refractivity contribution is -0.119. The van der Waals surface area contributed by atoms with Crippen molar-refractivity contribution in [3.8, 4) is 0 Å². The number of carbonyl (C=O) groups is 1. The molecular weight excluding hydrogens is 144 g/mol. The van der Waals surface area contributed by atoms with Crippen LogP contribution in [-0.2, 0) is 4.79 Å². The van der Waals surface area contributed by atoms with Gasteiger partial charge >= 0.3 is 0 Å². The van der Waals surface area contributed by atoms with Gasteiger partial charge in [0.1, 0.15) is 0 Å². The topological polar surface area (TPSA) is 66.6 Å². The number of hydrogen-bond donors (Lipinski definition) is 2. The molecule has 0 aliphatic carbocycles. The summed E-state index contributed by atoms with van der Waals surface area (Å²) >= 11 is 0. The van der Waals surface area contributed by atoms with Gasteiger partial charge in [-0.2, -0.15) is 0 Å². The van der Waals surface area contributed by atoms with Crippen molar-refractivity contribution in [1.29, 1.82) is 0 Å². The maximum absolute atomic E-state index is 10.4. The molecule has 66 valence electrons. The van der Waals surface area contributed by atoms with E-state index in [2.05, 4.69) is 0 Å². The lowest BCUT2D eigenvalue weighted by Crippen LogP contribution is -2.40. The van der Waals surface area contributed by atoms with Crippen LogP contribution < -0.4 is 5.73 Å². The zero-order chi connectivity index (χ0) is 9.07. The standard InChI is InChI=1S/C7H16N2O2/c1-7(2,11)5-9(3)4-6(8)10/h11H,4-5H2,1-3H3,(H2,8,10). The summed E-state index contributed by atoms with van der Waals surface area (Å²) in [6.07, 6.45) is 0. The van der Waals surface area contributed by atoms with Gasteiger partial charge in [-0.05, 0) is 20.9 Å². The quantitative estimate of drug-likeness (QED) is 0.564. The zero-order valence-corrected chi connectivity index (χ0v) is 7.29. The van der Waals surface area contributed by atoms with Crippen molar-refractivity contribution < 1.29 is 9.90 Å². The Bertz CT molecular complexity index is 140. The van der Waals surface area contributed by atoms with Crippen molar-refractivity contribution in [2.45, 2.75) is 19.4 Å². The molecule has 3 N–H and O–H groups in total. The molecular formula is C7H16N2O2. The summed E-state index contributed by atoms with van der Waals surface area (Å²) < 4.78 is 0. The number of primary amides is 1. The third-order valence-electron chi connectivity index (χ3n) is 1.08. The highest BCUT2D eigenvalue weighted by molar-refractivity contribution is 5.75. The van der Waals surface area contributed by atoms with Crippen LogP contribution in [0.5, 0.6) is 0 Å². The third kappa shape index (κ3) is 7.29. The zero-order valence-electron chi connectivity index (χ0n) is 7.29. The van der Waals surface area contributed by atoms with Crippen molar-refractivity contribution >= 4 is 5.91 Å². The molecule has 11 heavy (non-hydrogen) atoms. The fourth-order valence-electron chi connectivity index (χ4n) is 0.982. The number of likely N-dealkylation sites (N-methyl/N-ethyl adjacent to an activating group) is 1.